The highest BCUT2D eigenvalue weighted by Gasteiger charge is 2.05. The lowest BCUT2D eigenvalue weighted by atomic mass is 10.1. The van der Waals surface area contributed by atoms with Crippen molar-refractivity contribution in [1.29, 1.82) is 0 Å². The number of hydrogen-bond donors (Lipinski definition) is 1. The minimum atomic E-state index is -1.28. The van der Waals surface area contributed by atoms with Gasteiger partial charge in [-0.2, -0.15) is 0 Å². The number of carboxylic acid groups (broad SMARTS) is 1. The predicted octanol–water partition coefficient (Wildman–Crippen LogP) is 2.84. The molecular formula is C21H18NO4S-. The van der Waals surface area contributed by atoms with Gasteiger partial charge in [-0.05, 0) is 40.6 Å². The first kappa shape index (κ1) is 18.8. The van der Waals surface area contributed by atoms with Crippen LogP contribution in [0.5, 0.6) is 5.75 Å². The predicted molar refractivity (Wildman–Crippen MR) is 106 cm³/mol. The van der Waals surface area contributed by atoms with Crippen molar-refractivity contribution in [2.24, 2.45) is 0 Å². The number of ether oxygens (including phenoxy) is 1. The molecular weight excluding hydrogens is 362 g/mol. The fraction of sp³-hybridized carbons (Fsp3) is 0.143. The van der Waals surface area contributed by atoms with Crippen molar-refractivity contribution in [3.8, 4) is 5.75 Å². The van der Waals surface area contributed by atoms with Gasteiger partial charge in [-0.15, -0.1) is 11.8 Å². The van der Waals surface area contributed by atoms with Crippen LogP contribution in [0.2, 0.25) is 0 Å². The first-order chi connectivity index (χ1) is 13.1. The molecule has 0 unspecified atom stereocenters. The summed E-state index contributed by atoms with van der Waals surface area (Å²) in [6.07, 6.45) is 0. The number of aliphatic carboxylic acids is 1. The molecule has 0 heterocycles. The molecule has 6 heteroatoms. The lowest BCUT2D eigenvalue weighted by Crippen LogP contribution is -2.28. The summed E-state index contributed by atoms with van der Waals surface area (Å²) in [4.78, 5) is 22.5. The van der Waals surface area contributed by atoms with Gasteiger partial charge >= 0.3 is 0 Å². The van der Waals surface area contributed by atoms with Crippen LogP contribution in [0, 0.1) is 0 Å². The number of nitrogens with one attached hydrogen (secondary N) is 1. The van der Waals surface area contributed by atoms with Crippen molar-refractivity contribution in [3.63, 3.8) is 0 Å². The van der Waals surface area contributed by atoms with E-state index in [0.29, 0.717) is 17.2 Å². The van der Waals surface area contributed by atoms with Crippen LogP contribution in [0.15, 0.2) is 66.7 Å². The van der Waals surface area contributed by atoms with E-state index < -0.39 is 12.6 Å². The molecule has 0 aliphatic carbocycles. The van der Waals surface area contributed by atoms with Crippen LogP contribution in [0.3, 0.4) is 0 Å². The zero-order chi connectivity index (χ0) is 19.1. The highest BCUT2D eigenvalue weighted by molar-refractivity contribution is 7.99. The van der Waals surface area contributed by atoms with Gasteiger partial charge in [0.25, 0.3) is 0 Å². The molecule has 138 valence electrons. The molecule has 0 aliphatic rings. The van der Waals surface area contributed by atoms with Crippen molar-refractivity contribution in [2.75, 3.05) is 17.7 Å². The summed E-state index contributed by atoms with van der Waals surface area (Å²) >= 11 is 1.55. The average molecular weight is 380 g/mol. The first-order valence-electron chi connectivity index (χ1n) is 8.39. The van der Waals surface area contributed by atoms with Crippen molar-refractivity contribution in [3.05, 3.63) is 72.3 Å². The third-order valence-corrected chi connectivity index (χ3v) is 4.85. The Bertz CT molecular complexity index is 935. The molecule has 0 aliphatic heterocycles. The van der Waals surface area contributed by atoms with Crippen molar-refractivity contribution in [2.45, 2.75) is 5.75 Å². The van der Waals surface area contributed by atoms with E-state index in [2.05, 4.69) is 29.6 Å². The molecule has 3 rings (SSSR count). The van der Waals surface area contributed by atoms with Crippen LogP contribution in [0.4, 0.5) is 5.69 Å². The summed E-state index contributed by atoms with van der Waals surface area (Å²) in [5.41, 5.74) is 1.84. The molecule has 0 bridgehead atoms. The van der Waals surface area contributed by atoms with E-state index in [4.69, 9.17) is 4.74 Å². The lowest BCUT2D eigenvalue weighted by Gasteiger charge is -2.09. The topological polar surface area (TPSA) is 78.5 Å². The molecule has 3 aromatic carbocycles. The van der Waals surface area contributed by atoms with Crippen LogP contribution in [0.25, 0.3) is 10.8 Å². The second-order valence-corrected chi connectivity index (χ2v) is 6.85. The summed E-state index contributed by atoms with van der Waals surface area (Å²) in [6, 6.07) is 20.9. The number of rotatable bonds is 8. The monoisotopic (exact) mass is 380 g/mol. The third-order valence-electron chi connectivity index (χ3n) is 3.87. The standard InChI is InChI=1S/C21H19NO4S/c23-20(22-17-8-10-18(11-9-17)26-12-21(24)25)14-27-13-16-6-3-5-15-4-1-2-7-19(15)16/h1-11H,12-14H2,(H,22,23)(H,24,25)/p-1. The first-order valence-corrected chi connectivity index (χ1v) is 9.54. The van der Waals surface area contributed by atoms with Gasteiger partial charge in [0, 0.05) is 11.4 Å². The van der Waals surface area contributed by atoms with E-state index in [0.717, 1.165) is 5.75 Å². The molecule has 1 amide bonds. The molecule has 0 fully saturated rings. The van der Waals surface area contributed by atoms with E-state index >= 15 is 0 Å². The average Bonchev–Trinajstić information content (AvgIpc) is 2.67. The number of benzene rings is 3. The largest absolute Gasteiger partial charge is 0.546 e. The highest BCUT2D eigenvalue weighted by atomic mass is 32.2. The number of hydrogen-bond acceptors (Lipinski definition) is 5. The maximum absolute atomic E-state index is 12.1. The minimum Gasteiger partial charge on any atom is -0.546 e. The van der Waals surface area contributed by atoms with Crippen LogP contribution < -0.4 is 15.2 Å². The lowest BCUT2D eigenvalue weighted by molar-refractivity contribution is -0.307. The summed E-state index contributed by atoms with van der Waals surface area (Å²) < 4.78 is 5.00. The molecule has 0 aromatic heterocycles. The number of carbonyl (C=O) groups excluding carboxylic acids is 2. The van der Waals surface area contributed by atoms with Gasteiger partial charge in [-0.25, -0.2) is 0 Å². The van der Waals surface area contributed by atoms with E-state index in [1.54, 1.807) is 36.0 Å². The van der Waals surface area contributed by atoms with E-state index in [9.17, 15) is 14.7 Å². The summed E-state index contributed by atoms with van der Waals surface area (Å²) in [5, 5.41) is 15.6. The Morgan fingerprint density at radius 1 is 0.963 bits per heavy atom. The molecule has 0 atom stereocenters. The Hall–Kier alpha value is -2.99. The summed E-state index contributed by atoms with van der Waals surface area (Å²) in [6.45, 7) is -0.503. The van der Waals surface area contributed by atoms with Gasteiger partial charge < -0.3 is 20.0 Å². The van der Waals surface area contributed by atoms with Crippen LogP contribution in [-0.4, -0.2) is 24.2 Å². The molecule has 0 radical (unpaired) electrons. The number of amides is 1. The third kappa shape index (κ3) is 5.49. The van der Waals surface area contributed by atoms with E-state index in [1.807, 2.05) is 18.2 Å². The minimum absolute atomic E-state index is 0.0939. The fourth-order valence-corrected chi connectivity index (χ4v) is 3.48. The number of fused-ring (bicyclic) bond motifs is 1. The summed E-state index contributed by atoms with van der Waals surface area (Å²) in [7, 11) is 0. The van der Waals surface area contributed by atoms with Crippen molar-refractivity contribution < 1.29 is 19.4 Å². The van der Waals surface area contributed by atoms with Crippen molar-refractivity contribution in [1.82, 2.24) is 0 Å². The Labute approximate surface area is 161 Å². The number of anilines is 1. The molecule has 5 nitrogen and oxygen atoms in total. The number of thioether (sulfide) groups is 1. The van der Waals surface area contributed by atoms with Gasteiger partial charge in [0.2, 0.25) is 5.91 Å². The van der Waals surface area contributed by atoms with Gasteiger partial charge in [0.15, 0.2) is 0 Å². The fourth-order valence-electron chi connectivity index (χ4n) is 2.65. The van der Waals surface area contributed by atoms with Gasteiger partial charge in [-0.1, -0.05) is 42.5 Å². The maximum atomic E-state index is 12.1. The second kappa shape index (κ2) is 9.09. The Morgan fingerprint density at radius 2 is 1.70 bits per heavy atom. The second-order valence-electron chi connectivity index (χ2n) is 5.86. The van der Waals surface area contributed by atoms with Gasteiger partial charge in [0.1, 0.15) is 12.4 Å². The molecule has 3 aromatic rings. The zero-order valence-corrected chi connectivity index (χ0v) is 15.3. The van der Waals surface area contributed by atoms with Gasteiger partial charge in [0.05, 0.1) is 11.7 Å². The Kier molecular flexibility index (Phi) is 6.33. The summed E-state index contributed by atoms with van der Waals surface area (Å²) in [5.74, 6) is 0.124. The molecule has 1 N–H and O–H groups in total. The smallest absolute Gasteiger partial charge is 0.234 e. The maximum Gasteiger partial charge on any atom is 0.234 e. The van der Waals surface area contributed by atoms with Crippen LogP contribution in [-0.2, 0) is 15.3 Å². The van der Waals surface area contributed by atoms with E-state index in [1.165, 1.54) is 16.3 Å². The van der Waals surface area contributed by atoms with Crippen molar-refractivity contribution >= 4 is 40.1 Å². The Balaban J connectivity index is 1.49. The van der Waals surface area contributed by atoms with Gasteiger partial charge in [-0.3, -0.25) is 4.79 Å². The SMILES string of the molecule is O=C([O-])COc1ccc(NC(=O)CSCc2cccc3ccccc23)cc1. The Morgan fingerprint density at radius 3 is 2.48 bits per heavy atom. The highest BCUT2D eigenvalue weighted by Crippen LogP contribution is 2.23. The number of carbonyl (C=O) groups is 2. The molecule has 27 heavy (non-hydrogen) atoms. The normalized spacial score (nSPS) is 10.5. The molecule has 0 spiro atoms. The zero-order valence-electron chi connectivity index (χ0n) is 14.5. The van der Waals surface area contributed by atoms with E-state index in [-0.39, 0.29) is 5.91 Å². The number of carboxylic acids is 1. The van der Waals surface area contributed by atoms with Crippen LogP contribution >= 0.6 is 11.8 Å². The quantitative estimate of drug-likeness (QED) is 0.650. The van der Waals surface area contributed by atoms with Crippen LogP contribution in [0.1, 0.15) is 5.56 Å². The molecule has 0 saturated heterocycles. The molecule has 0 saturated carbocycles.